The largest absolute Gasteiger partial charge is 0.478 e. The van der Waals surface area contributed by atoms with Crippen LogP contribution in [-0.2, 0) is 16.4 Å². The Hall–Kier alpha value is -1.61. The van der Waals surface area contributed by atoms with E-state index in [0.717, 1.165) is 5.56 Å². The van der Waals surface area contributed by atoms with Crippen LogP contribution in [0.5, 0.6) is 0 Å². The molecule has 10 heteroatoms. The summed E-state index contributed by atoms with van der Waals surface area (Å²) in [7, 11) is -4.01. The van der Waals surface area contributed by atoms with Gasteiger partial charge in [-0.1, -0.05) is 29.3 Å². The first-order valence-electron chi connectivity index (χ1n) is 6.94. The van der Waals surface area contributed by atoms with E-state index in [1.54, 1.807) is 18.2 Å². The first-order chi connectivity index (χ1) is 11.2. The summed E-state index contributed by atoms with van der Waals surface area (Å²) in [5.74, 6) is -1.35. The quantitative estimate of drug-likeness (QED) is 0.627. The number of carboxylic acid groups (broad SMARTS) is 1. The summed E-state index contributed by atoms with van der Waals surface area (Å²) in [5.41, 5.74) is 0.668. The Morgan fingerprint density at radius 1 is 1.38 bits per heavy atom. The third-order valence-electron chi connectivity index (χ3n) is 3.31. The lowest BCUT2D eigenvalue weighted by atomic mass is 10.1. The van der Waals surface area contributed by atoms with E-state index in [1.165, 1.54) is 6.92 Å². The van der Waals surface area contributed by atoms with E-state index >= 15 is 0 Å². The van der Waals surface area contributed by atoms with Crippen LogP contribution in [-0.4, -0.2) is 36.2 Å². The SMILES string of the molecule is Cc1[nH]nc(S(=O)(=O)NCCCc2ccc(Cl)cc2Cl)c1C(=O)O. The predicted octanol–water partition coefficient (Wildman–Crippen LogP) is 2.63. The van der Waals surface area contributed by atoms with Gasteiger partial charge in [0.25, 0.3) is 10.0 Å². The van der Waals surface area contributed by atoms with Crippen molar-refractivity contribution in [2.75, 3.05) is 6.54 Å². The molecule has 0 atom stereocenters. The van der Waals surface area contributed by atoms with E-state index in [-0.39, 0.29) is 17.8 Å². The number of nitrogens with one attached hydrogen (secondary N) is 2. The molecule has 7 nitrogen and oxygen atoms in total. The Kier molecular flexibility index (Phi) is 5.87. The highest BCUT2D eigenvalue weighted by molar-refractivity contribution is 7.89. The topological polar surface area (TPSA) is 112 Å². The standard InChI is InChI=1S/C14H15Cl2N3O4S/c1-8-12(14(20)21)13(19-18-8)24(22,23)17-6-2-3-9-4-5-10(15)7-11(9)16/h4-5,7,17H,2-3,6H2,1H3,(H,18,19)(H,20,21). The maximum atomic E-state index is 12.2. The van der Waals surface area contributed by atoms with Crippen LogP contribution in [0.3, 0.4) is 0 Å². The van der Waals surface area contributed by atoms with Crippen LogP contribution in [0.1, 0.15) is 28.0 Å². The van der Waals surface area contributed by atoms with E-state index in [9.17, 15) is 13.2 Å². The molecule has 1 aromatic heterocycles. The molecule has 1 aromatic carbocycles. The molecule has 0 radical (unpaired) electrons. The van der Waals surface area contributed by atoms with Crippen LogP contribution < -0.4 is 4.72 Å². The van der Waals surface area contributed by atoms with Crippen molar-refractivity contribution in [2.45, 2.75) is 24.8 Å². The van der Waals surface area contributed by atoms with Crippen molar-refractivity contribution in [3.8, 4) is 0 Å². The van der Waals surface area contributed by atoms with Crippen molar-refractivity contribution >= 4 is 39.2 Å². The van der Waals surface area contributed by atoms with Gasteiger partial charge in [0.05, 0.1) is 0 Å². The molecule has 1 heterocycles. The van der Waals surface area contributed by atoms with E-state index < -0.39 is 21.0 Å². The van der Waals surface area contributed by atoms with E-state index in [2.05, 4.69) is 14.9 Å². The molecule has 3 N–H and O–H groups in total. The zero-order valence-electron chi connectivity index (χ0n) is 12.6. The summed E-state index contributed by atoms with van der Waals surface area (Å²) >= 11 is 11.9. The van der Waals surface area contributed by atoms with Gasteiger partial charge in [0, 0.05) is 22.3 Å². The van der Waals surface area contributed by atoms with Gasteiger partial charge in [-0.05, 0) is 37.5 Å². The Balaban J connectivity index is 2.00. The van der Waals surface area contributed by atoms with Crippen LogP contribution in [0.25, 0.3) is 0 Å². The molecule has 0 saturated carbocycles. The molecule has 24 heavy (non-hydrogen) atoms. The van der Waals surface area contributed by atoms with E-state index in [0.29, 0.717) is 22.9 Å². The van der Waals surface area contributed by atoms with Gasteiger partial charge in [-0.15, -0.1) is 0 Å². The molecule has 0 amide bonds. The normalized spacial score (nSPS) is 11.6. The molecule has 0 aliphatic heterocycles. The summed E-state index contributed by atoms with van der Waals surface area (Å²) < 4.78 is 26.7. The van der Waals surface area contributed by atoms with Crippen molar-refractivity contribution in [2.24, 2.45) is 0 Å². The minimum atomic E-state index is -4.01. The first kappa shape index (κ1) is 18.7. The van der Waals surface area contributed by atoms with Crippen molar-refractivity contribution in [3.05, 3.63) is 45.1 Å². The van der Waals surface area contributed by atoms with Crippen molar-refractivity contribution in [1.29, 1.82) is 0 Å². The van der Waals surface area contributed by atoms with Crippen LogP contribution in [0.15, 0.2) is 23.2 Å². The molecule has 2 aromatic rings. The van der Waals surface area contributed by atoms with Crippen molar-refractivity contribution in [1.82, 2.24) is 14.9 Å². The lowest BCUT2D eigenvalue weighted by Gasteiger charge is -2.07. The van der Waals surface area contributed by atoms with Gasteiger partial charge in [0.1, 0.15) is 5.56 Å². The van der Waals surface area contributed by atoms with Gasteiger partial charge < -0.3 is 5.11 Å². The third kappa shape index (κ3) is 4.27. The molecule has 0 aliphatic carbocycles. The van der Waals surface area contributed by atoms with Crippen LogP contribution in [0.4, 0.5) is 0 Å². The number of sulfonamides is 1. The molecule has 0 aliphatic rings. The highest BCUT2D eigenvalue weighted by Crippen LogP contribution is 2.22. The van der Waals surface area contributed by atoms with Crippen LogP contribution in [0.2, 0.25) is 10.0 Å². The second kappa shape index (κ2) is 7.52. The van der Waals surface area contributed by atoms with Gasteiger partial charge in [0.2, 0.25) is 5.03 Å². The molecule has 0 unspecified atom stereocenters. The second-order valence-corrected chi connectivity index (χ2v) is 7.60. The lowest BCUT2D eigenvalue weighted by Crippen LogP contribution is -2.27. The number of rotatable bonds is 7. The molecule has 0 spiro atoms. The second-order valence-electron chi connectivity index (χ2n) is 5.07. The predicted molar refractivity (Wildman–Crippen MR) is 90.3 cm³/mol. The maximum absolute atomic E-state index is 12.2. The van der Waals surface area contributed by atoms with Crippen LogP contribution in [0, 0.1) is 6.92 Å². The summed E-state index contributed by atoms with van der Waals surface area (Å²) in [6.07, 6.45) is 1.02. The van der Waals surface area contributed by atoms with Crippen molar-refractivity contribution < 1.29 is 18.3 Å². The van der Waals surface area contributed by atoms with Gasteiger partial charge in [0.15, 0.2) is 0 Å². The lowest BCUT2D eigenvalue weighted by molar-refractivity contribution is 0.0692. The van der Waals surface area contributed by atoms with E-state index in [1.807, 2.05) is 0 Å². The molecule has 0 saturated heterocycles. The molecule has 2 rings (SSSR count). The minimum Gasteiger partial charge on any atom is -0.478 e. The highest BCUT2D eigenvalue weighted by atomic mass is 35.5. The smallest absolute Gasteiger partial charge is 0.340 e. The average Bonchev–Trinajstić information content (AvgIpc) is 2.88. The third-order valence-corrected chi connectivity index (χ3v) is 5.29. The summed E-state index contributed by atoms with van der Waals surface area (Å²) in [6.45, 7) is 1.56. The number of carboxylic acids is 1. The molecular formula is C14H15Cl2N3O4S. The minimum absolute atomic E-state index is 0.117. The Morgan fingerprint density at radius 2 is 2.08 bits per heavy atom. The fourth-order valence-corrected chi connectivity index (χ4v) is 3.86. The van der Waals surface area contributed by atoms with Gasteiger partial charge in [-0.3, -0.25) is 5.10 Å². The zero-order chi connectivity index (χ0) is 17.9. The number of H-pyrrole nitrogens is 1. The van der Waals surface area contributed by atoms with Gasteiger partial charge >= 0.3 is 5.97 Å². The maximum Gasteiger partial charge on any atom is 0.340 e. The fourth-order valence-electron chi connectivity index (χ4n) is 2.13. The van der Waals surface area contributed by atoms with Gasteiger partial charge in [-0.2, -0.15) is 5.10 Å². The first-order valence-corrected chi connectivity index (χ1v) is 9.18. The molecule has 0 fully saturated rings. The number of aromatic amines is 1. The zero-order valence-corrected chi connectivity index (χ0v) is 15.0. The molecule has 0 bridgehead atoms. The average molecular weight is 392 g/mol. The Morgan fingerprint density at radius 3 is 2.71 bits per heavy atom. The summed E-state index contributed by atoms with van der Waals surface area (Å²) in [5, 5.41) is 15.6. The summed E-state index contributed by atoms with van der Waals surface area (Å²) in [6, 6.07) is 5.10. The van der Waals surface area contributed by atoms with Gasteiger partial charge in [-0.25, -0.2) is 17.9 Å². The number of nitrogens with zero attached hydrogens (tertiary/aromatic N) is 1. The molecular weight excluding hydrogens is 377 g/mol. The number of hydrogen-bond donors (Lipinski definition) is 3. The Labute approximate surface area is 149 Å². The number of carbonyl (C=O) groups is 1. The Bertz CT molecular complexity index is 865. The summed E-state index contributed by atoms with van der Waals surface area (Å²) in [4.78, 5) is 11.2. The molecule has 130 valence electrons. The number of aromatic carboxylic acids is 1. The number of halogens is 2. The number of aromatic nitrogens is 2. The number of aryl methyl sites for hydroxylation is 2. The van der Waals surface area contributed by atoms with E-state index in [4.69, 9.17) is 28.3 Å². The number of benzene rings is 1. The van der Waals surface area contributed by atoms with Crippen LogP contribution >= 0.6 is 23.2 Å². The highest BCUT2D eigenvalue weighted by Gasteiger charge is 2.27. The van der Waals surface area contributed by atoms with Crippen molar-refractivity contribution in [3.63, 3.8) is 0 Å². The fraction of sp³-hybridized carbons (Fsp3) is 0.286. The monoisotopic (exact) mass is 391 g/mol. The number of hydrogen-bond acceptors (Lipinski definition) is 4.